The maximum absolute atomic E-state index is 11.9. The highest BCUT2D eigenvalue weighted by Crippen LogP contribution is 2.22. The maximum atomic E-state index is 11.9. The molecule has 1 aromatic carbocycles. The quantitative estimate of drug-likeness (QED) is 0.511. The summed E-state index contributed by atoms with van der Waals surface area (Å²) in [6.45, 7) is 4.16. The van der Waals surface area contributed by atoms with Crippen LogP contribution in [-0.4, -0.2) is 12.5 Å². The molecule has 4 heteroatoms. The standard InChI is InChI=1S/C13H15BrN2O/c1-3-4-5-6-16-13(17)11-7-10(14)8-12(15)9(11)2/h7-8H,5-6,15H2,1-2H3,(H,16,17). The zero-order chi connectivity index (χ0) is 12.8. The Morgan fingerprint density at radius 2 is 2.24 bits per heavy atom. The molecule has 0 aliphatic carbocycles. The molecular formula is C13H15BrN2O. The molecule has 3 N–H and O–H groups in total. The lowest BCUT2D eigenvalue weighted by Gasteiger charge is -2.09. The summed E-state index contributed by atoms with van der Waals surface area (Å²) < 4.78 is 0.805. The third kappa shape index (κ3) is 3.79. The van der Waals surface area contributed by atoms with Crippen molar-refractivity contribution >= 4 is 27.5 Å². The van der Waals surface area contributed by atoms with Gasteiger partial charge in [-0.05, 0) is 31.5 Å². The zero-order valence-electron chi connectivity index (χ0n) is 9.93. The maximum Gasteiger partial charge on any atom is 0.251 e. The van der Waals surface area contributed by atoms with Crippen molar-refractivity contribution in [1.29, 1.82) is 0 Å². The monoisotopic (exact) mass is 294 g/mol. The molecule has 0 aliphatic heterocycles. The van der Waals surface area contributed by atoms with E-state index in [0.717, 1.165) is 10.0 Å². The number of carbonyl (C=O) groups excluding carboxylic acids is 1. The van der Waals surface area contributed by atoms with Gasteiger partial charge < -0.3 is 11.1 Å². The number of nitrogens with one attached hydrogen (secondary N) is 1. The van der Waals surface area contributed by atoms with Crippen LogP contribution in [0, 0.1) is 18.8 Å². The van der Waals surface area contributed by atoms with Crippen molar-refractivity contribution in [2.75, 3.05) is 12.3 Å². The first-order chi connectivity index (χ1) is 8.06. The van der Waals surface area contributed by atoms with E-state index in [0.29, 0.717) is 24.2 Å². The van der Waals surface area contributed by atoms with Crippen molar-refractivity contribution in [2.24, 2.45) is 0 Å². The summed E-state index contributed by atoms with van der Waals surface area (Å²) in [5, 5.41) is 2.81. The second-order valence-corrected chi connectivity index (χ2v) is 4.52. The Balaban J connectivity index is 2.77. The van der Waals surface area contributed by atoms with Gasteiger partial charge in [-0.3, -0.25) is 4.79 Å². The number of anilines is 1. The SMILES string of the molecule is CC#CCCNC(=O)c1cc(Br)cc(N)c1C. The molecular weight excluding hydrogens is 280 g/mol. The first-order valence-electron chi connectivity index (χ1n) is 5.29. The Labute approximate surface area is 110 Å². The van der Waals surface area contributed by atoms with E-state index < -0.39 is 0 Å². The van der Waals surface area contributed by atoms with Gasteiger partial charge in [0.25, 0.3) is 5.91 Å². The minimum atomic E-state index is -0.117. The number of carbonyl (C=O) groups is 1. The summed E-state index contributed by atoms with van der Waals surface area (Å²) in [6, 6.07) is 3.56. The van der Waals surface area contributed by atoms with Crippen molar-refractivity contribution in [1.82, 2.24) is 5.32 Å². The van der Waals surface area contributed by atoms with Gasteiger partial charge in [0.15, 0.2) is 0 Å². The number of rotatable bonds is 3. The number of nitrogen functional groups attached to an aromatic ring is 1. The molecule has 1 aromatic rings. The van der Waals surface area contributed by atoms with Crippen LogP contribution in [0.4, 0.5) is 5.69 Å². The van der Waals surface area contributed by atoms with Crippen LogP contribution in [0.15, 0.2) is 16.6 Å². The lowest BCUT2D eigenvalue weighted by Crippen LogP contribution is -2.25. The minimum absolute atomic E-state index is 0.117. The fourth-order valence-electron chi connectivity index (χ4n) is 1.39. The van der Waals surface area contributed by atoms with Crippen LogP contribution in [0.3, 0.4) is 0 Å². The molecule has 0 bridgehead atoms. The molecule has 1 amide bonds. The fourth-order valence-corrected chi connectivity index (χ4v) is 1.87. The number of benzene rings is 1. The molecule has 17 heavy (non-hydrogen) atoms. The number of hydrogen-bond acceptors (Lipinski definition) is 2. The lowest BCUT2D eigenvalue weighted by molar-refractivity contribution is 0.0954. The van der Waals surface area contributed by atoms with E-state index in [1.807, 2.05) is 6.92 Å². The van der Waals surface area contributed by atoms with Crippen LogP contribution >= 0.6 is 15.9 Å². The molecule has 0 heterocycles. The smallest absolute Gasteiger partial charge is 0.251 e. The van der Waals surface area contributed by atoms with Gasteiger partial charge >= 0.3 is 0 Å². The van der Waals surface area contributed by atoms with E-state index in [2.05, 4.69) is 33.1 Å². The summed E-state index contributed by atoms with van der Waals surface area (Å²) in [5.74, 6) is 5.56. The summed E-state index contributed by atoms with van der Waals surface area (Å²) in [4.78, 5) is 11.9. The minimum Gasteiger partial charge on any atom is -0.398 e. The van der Waals surface area contributed by atoms with E-state index in [-0.39, 0.29) is 5.91 Å². The Morgan fingerprint density at radius 1 is 1.53 bits per heavy atom. The highest BCUT2D eigenvalue weighted by Gasteiger charge is 2.11. The molecule has 90 valence electrons. The number of amides is 1. The molecule has 0 atom stereocenters. The van der Waals surface area contributed by atoms with E-state index in [4.69, 9.17) is 5.73 Å². The van der Waals surface area contributed by atoms with Gasteiger partial charge in [-0.15, -0.1) is 11.8 Å². The summed E-state index contributed by atoms with van der Waals surface area (Å²) in [7, 11) is 0. The zero-order valence-corrected chi connectivity index (χ0v) is 11.5. The van der Waals surface area contributed by atoms with Crippen molar-refractivity contribution in [3.8, 4) is 11.8 Å². The normalized spacial score (nSPS) is 9.35. The van der Waals surface area contributed by atoms with Gasteiger partial charge in [0.2, 0.25) is 0 Å². The van der Waals surface area contributed by atoms with Crippen molar-refractivity contribution in [3.05, 3.63) is 27.7 Å². The Morgan fingerprint density at radius 3 is 2.88 bits per heavy atom. The van der Waals surface area contributed by atoms with Crippen LogP contribution in [0.25, 0.3) is 0 Å². The highest BCUT2D eigenvalue weighted by atomic mass is 79.9. The molecule has 0 aromatic heterocycles. The first-order valence-corrected chi connectivity index (χ1v) is 6.09. The van der Waals surface area contributed by atoms with Crippen LogP contribution in [0.2, 0.25) is 0 Å². The van der Waals surface area contributed by atoms with Gasteiger partial charge in [0, 0.05) is 28.7 Å². The van der Waals surface area contributed by atoms with Gasteiger partial charge in [-0.1, -0.05) is 15.9 Å². The van der Waals surface area contributed by atoms with Gasteiger partial charge in [-0.2, -0.15) is 0 Å². The fraction of sp³-hybridized carbons (Fsp3) is 0.308. The predicted octanol–water partition coefficient (Wildman–Crippen LogP) is 2.48. The molecule has 0 saturated carbocycles. The van der Waals surface area contributed by atoms with E-state index in [9.17, 15) is 4.79 Å². The summed E-state index contributed by atoms with van der Waals surface area (Å²) in [5.41, 5.74) is 7.81. The molecule has 1 rings (SSSR count). The van der Waals surface area contributed by atoms with Gasteiger partial charge in [0.05, 0.1) is 0 Å². The number of nitrogens with two attached hydrogens (primary N) is 1. The highest BCUT2D eigenvalue weighted by molar-refractivity contribution is 9.10. The van der Waals surface area contributed by atoms with Gasteiger partial charge in [-0.25, -0.2) is 0 Å². The van der Waals surface area contributed by atoms with E-state index in [1.165, 1.54) is 0 Å². The van der Waals surface area contributed by atoms with Crippen molar-refractivity contribution < 1.29 is 4.79 Å². The Bertz CT molecular complexity index is 486. The van der Waals surface area contributed by atoms with Crippen LogP contribution in [-0.2, 0) is 0 Å². The molecule has 0 saturated heterocycles. The average molecular weight is 295 g/mol. The van der Waals surface area contributed by atoms with Gasteiger partial charge in [0.1, 0.15) is 0 Å². The number of hydrogen-bond donors (Lipinski definition) is 2. The average Bonchev–Trinajstić information content (AvgIpc) is 2.29. The summed E-state index contributed by atoms with van der Waals surface area (Å²) >= 11 is 3.33. The molecule has 0 aliphatic rings. The van der Waals surface area contributed by atoms with Crippen molar-refractivity contribution in [2.45, 2.75) is 20.3 Å². The van der Waals surface area contributed by atoms with E-state index >= 15 is 0 Å². The molecule has 0 unspecified atom stereocenters. The van der Waals surface area contributed by atoms with E-state index in [1.54, 1.807) is 19.1 Å². The Kier molecular flexibility index (Phi) is 5.05. The second kappa shape index (κ2) is 6.31. The third-order valence-electron chi connectivity index (χ3n) is 2.37. The summed E-state index contributed by atoms with van der Waals surface area (Å²) in [6.07, 6.45) is 0.658. The number of halogens is 1. The topological polar surface area (TPSA) is 55.1 Å². The third-order valence-corrected chi connectivity index (χ3v) is 2.83. The first kappa shape index (κ1) is 13.6. The van der Waals surface area contributed by atoms with Crippen LogP contribution in [0.5, 0.6) is 0 Å². The second-order valence-electron chi connectivity index (χ2n) is 3.60. The molecule has 0 radical (unpaired) electrons. The van der Waals surface area contributed by atoms with Crippen molar-refractivity contribution in [3.63, 3.8) is 0 Å². The van der Waals surface area contributed by atoms with Crippen LogP contribution in [0.1, 0.15) is 29.3 Å². The van der Waals surface area contributed by atoms with Crippen LogP contribution < -0.4 is 11.1 Å². The molecule has 0 spiro atoms. The molecule has 3 nitrogen and oxygen atoms in total. The molecule has 0 fully saturated rings. The predicted molar refractivity (Wildman–Crippen MR) is 73.7 cm³/mol. The largest absolute Gasteiger partial charge is 0.398 e. The lowest BCUT2D eigenvalue weighted by atomic mass is 10.1. The Hall–Kier alpha value is -1.47.